The summed E-state index contributed by atoms with van der Waals surface area (Å²) >= 11 is 0. The van der Waals surface area contributed by atoms with Gasteiger partial charge in [-0.1, -0.05) is 6.07 Å². The molecular formula is C16H23ClF3N3O3S. The van der Waals surface area contributed by atoms with Gasteiger partial charge in [0.2, 0.25) is 15.9 Å². The lowest BCUT2D eigenvalue weighted by molar-refractivity contribution is -0.137. The van der Waals surface area contributed by atoms with Crippen LogP contribution in [0.2, 0.25) is 0 Å². The van der Waals surface area contributed by atoms with E-state index in [9.17, 15) is 26.4 Å². The summed E-state index contributed by atoms with van der Waals surface area (Å²) in [5.41, 5.74) is 4.54. The van der Waals surface area contributed by atoms with Gasteiger partial charge in [-0.05, 0) is 37.5 Å². The van der Waals surface area contributed by atoms with Crippen LogP contribution in [0.1, 0.15) is 24.0 Å². The van der Waals surface area contributed by atoms with Crippen molar-refractivity contribution in [2.45, 2.75) is 30.8 Å². The van der Waals surface area contributed by atoms with Crippen LogP contribution in [0.4, 0.5) is 13.2 Å². The molecule has 1 aliphatic heterocycles. The van der Waals surface area contributed by atoms with Gasteiger partial charge in [-0.25, -0.2) is 8.42 Å². The lowest BCUT2D eigenvalue weighted by atomic mass is 9.99. The minimum atomic E-state index is -4.63. The summed E-state index contributed by atoms with van der Waals surface area (Å²) in [4.78, 5) is 11.7. The number of carbonyl (C=O) groups excluding carboxylic acids is 1. The second-order valence-corrected chi connectivity index (χ2v) is 8.17. The molecule has 0 spiro atoms. The number of hydrogen-bond donors (Lipinski definition) is 2. The molecule has 2 rings (SSSR count). The Kier molecular flexibility index (Phi) is 8.09. The minimum Gasteiger partial charge on any atom is -0.355 e. The number of halogens is 4. The molecule has 11 heteroatoms. The lowest BCUT2D eigenvalue weighted by Crippen LogP contribution is -2.46. The monoisotopic (exact) mass is 429 g/mol. The first-order valence-corrected chi connectivity index (χ1v) is 9.67. The van der Waals surface area contributed by atoms with Crippen LogP contribution in [-0.2, 0) is 21.0 Å². The fourth-order valence-electron chi connectivity index (χ4n) is 2.91. The number of aryl methyl sites for hydroxylation is 1. The summed E-state index contributed by atoms with van der Waals surface area (Å²) in [6.07, 6.45) is -3.66. The Labute approximate surface area is 162 Å². The van der Waals surface area contributed by atoms with Crippen molar-refractivity contribution in [1.29, 1.82) is 0 Å². The maximum absolute atomic E-state index is 12.9. The van der Waals surface area contributed by atoms with Gasteiger partial charge in [0, 0.05) is 26.2 Å². The number of rotatable bonds is 5. The normalized spacial score (nSPS) is 18.6. The Hall–Kier alpha value is -1.36. The highest BCUT2D eigenvalue weighted by atomic mass is 35.5. The van der Waals surface area contributed by atoms with Gasteiger partial charge >= 0.3 is 6.18 Å². The van der Waals surface area contributed by atoms with Gasteiger partial charge in [-0.15, -0.1) is 12.4 Å². The van der Waals surface area contributed by atoms with Crippen molar-refractivity contribution in [3.8, 4) is 0 Å². The number of carbonyl (C=O) groups is 1. The van der Waals surface area contributed by atoms with Gasteiger partial charge in [0.1, 0.15) is 0 Å². The number of sulfonamides is 1. The number of piperidine rings is 1. The van der Waals surface area contributed by atoms with Crippen LogP contribution >= 0.6 is 12.4 Å². The zero-order chi connectivity index (χ0) is 19.5. The molecule has 1 saturated heterocycles. The van der Waals surface area contributed by atoms with E-state index in [4.69, 9.17) is 5.73 Å². The summed E-state index contributed by atoms with van der Waals surface area (Å²) in [5.74, 6) is -0.840. The molecule has 0 bridgehead atoms. The summed E-state index contributed by atoms with van der Waals surface area (Å²) in [5, 5.41) is 2.62. The number of amides is 1. The number of nitrogens with zero attached hydrogens (tertiary/aromatic N) is 1. The molecule has 1 aromatic rings. The number of benzene rings is 1. The van der Waals surface area contributed by atoms with Crippen LogP contribution in [0.15, 0.2) is 23.1 Å². The van der Waals surface area contributed by atoms with E-state index in [0.29, 0.717) is 18.9 Å². The maximum atomic E-state index is 12.9. The molecule has 154 valence electrons. The molecule has 1 amide bonds. The third-order valence-electron chi connectivity index (χ3n) is 4.33. The molecular weight excluding hydrogens is 407 g/mol. The summed E-state index contributed by atoms with van der Waals surface area (Å²) in [6, 6.07) is 2.65. The molecule has 1 heterocycles. The molecule has 1 aliphatic rings. The van der Waals surface area contributed by atoms with Crippen LogP contribution in [0.25, 0.3) is 0 Å². The number of hydrogen-bond acceptors (Lipinski definition) is 4. The van der Waals surface area contributed by atoms with Gasteiger partial charge in [-0.3, -0.25) is 4.79 Å². The molecule has 1 aromatic carbocycles. The Bertz CT molecular complexity index is 772. The van der Waals surface area contributed by atoms with Gasteiger partial charge in [0.05, 0.1) is 16.4 Å². The fraction of sp³-hybridized carbons (Fsp3) is 0.562. The van der Waals surface area contributed by atoms with Crippen molar-refractivity contribution in [2.75, 3.05) is 26.2 Å². The molecule has 1 unspecified atom stereocenters. The third kappa shape index (κ3) is 5.56. The minimum absolute atomic E-state index is 0. The van der Waals surface area contributed by atoms with E-state index < -0.39 is 27.7 Å². The molecule has 27 heavy (non-hydrogen) atoms. The van der Waals surface area contributed by atoms with Crippen LogP contribution < -0.4 is 11.1 Å². The second-order valence-electron chi connectivity index (χ2n) is 6.26. The van der Waals surface area contributed by atoms with Gasteiger partial charge in [0.15, 0.2) is 0 Å². The van der Waals surface area contributed by atoms with Crippen molar-refractivity contribution in [1.82, 2.24) is 9.62 Å². The lowest BCUT2D eigenvalue weighted by Gasteiger charge is -2.31. The van der Waals surface area contributed by atoms with E-state index in [0.717, 1.165) is 16.4 Å². The largest absolute Gasteiger partial charge is 0.416 e. The number of alkyl halides is 3. The fourth-order valence-corrected chi connectivity index (χ4v) is 4.68. The standard InChI is InChI=1S/C16H22F3N3O3S.ClH/c1-11-4-5-13(16(17,18)19)9-14(11)26(24,25)22-8-2-3-12(10-22)15(23)21-7-6-20;/h4-5,9,12H,2-3,6-8,10,20H2,1H3,(H,21,23);1H. The first-order valence-electron chi connectivity index (χ1n) is 8.23. The van der Waals surface area contributed by atoms with Crippen LogP contribution in [-0.4, -0.2) is 44.8 Å². The van der Waals surface area contributed by atoms with Crippen molar-refractivity contribution in [3.63, 3.8) is 0 Å². The van der Waals surface area contributed by atoms with E-state index in [2.05, 4.69) is 5.32 Å². The molecule has 1 fully saturated rings. The maximum Gasteiger partial charge on any atom is 0.416 e. The first-order chi connectivity index (χ1) is 12.1. The molecule has 0 saturated carbocycles. The summed E-state index contributed by atoms with van der Waals surface area (Å²) < 4.78 is 65.7. The van der Waals surface area contributed by atoms with E-state index >= 15 is 0 Å². The molecule has 0 radical (unpaired) electrons. The van der Waals surface area contributed by atoms with E-state index in [1.807, 2.05) is 0 Å². The second kappa shape index (κ2) is 9.22. The quantitative estimate of drug-likeness (QED) is 0.747. The van der Waals surface area contributed by atoms with E-state index in [1.54, 1.807) is 0 Å². The van der Waals surface area contributed by atoms with Crippen molar-refractivity contribution in [3.05, 3.63) is 29.3 Å². The molecule has 0 aliphatic carbocycles. The zero-order valence-corrected chi connectivity index (χ0v) is 16.4. The average molecular weight is 430 g/mol. The SMILES string of the molecule is Cc1ccc(C(F)(F)F)cc1S(=O)(=O)N1CCCC(C(=O)NCCN)C1.Cl. The Morgan fingerprint density at radius 3 is 2.63 bits per heavy atom. The highest BCUT2D eigenvalue weighted by molar-refractivity contribution is 7.89. The van der Waals surface area contributed by atoms with Crippen LogP contribution in [0.5, 0.6) is 0 Å². The van der Waals surface area contributed by atoms with Gasteiger partial charge < -0.3 is 11.1 Å². The van der Waals surface area contributed by atoms with E-state index in [-0.39, 0.29) is 55.0 Å². The topological polar surface area (TPSA) is 92.5 Å². The number of nitrogens with one attached hydrogen (secondary N) is 1. The van der Waals surface area contributed by atoms with E-state index in [1.165, 1.54) is 6.92 Å². The highest BCUT2D eigenvalue weighted by Gasteiger charge is 2.36. The molecule has 6 nitrogen and oxygen atoms in total. The van der Waals surface area contributed by atoms with Crippen LogP contribution in [0.3, 0.4) is 0 Å². The number of nitrogens with two attached hydrogens (primary N) is 1. The van der Waals surface area contributed by atoms with Crippen molar-refractivity contribution >= 4 is 28.3 Å². The Balaban J connectivity index is 0.00000364. The van der Waals surface area contributed by atoms with Gasteiger partial charge in [0.25, 0.3) is 0 Å². The molecule has 0 aromatic heterocycles. The molecule has 3 N–H and O–H groups in total. The zero-order valence-electron chi connectivity index (χ0n) is 14.8. The van der Waals surface area contributed by atoms with Crippen molar-refractivity contribution < 1.29 is 26.4 Å². The molecule has 1 atom stereocenters. The average Bonchev–Trinajstić information content (AvgIpc) is 2.59. The summed E-state index contributed by atoms with van der Waals surface area (Å²) in [7, 11) is -4.13. The Morgan fingerprint density at radius 2 is 2.04 bits per heavy atom. The predicted molar refractivity (Wildman–Crippen MR) is 97.0 cm³/mol. The smallest absolute Gasteiger partial charge is 0.355 e. The highest BCUT2D eigenvalue weighted by Crippen LogP contribution is 2.33. The Morgan fingerprint density at radius 1 is 1.37 bits per heavy atom. The summed E-state index contributed by atoms with van der Waals surface area (Å²) in [6.45, 7) is 2.11. The van der Waals surface area contributed by atoms with Gasteiger partial charge in [-0.2, -0.15) is 17.5 Å². The van der Waals surface area contributed by atoms with Crippen LogP contribution in [0, 0.1) is 12.8 Å². The first kappa shape index (κ1) is 23.7. The predicted octanol–water partition coefficient (Wildman–Crippen LogP) is 1.91. The van der Waals surface area contributed by atoms with Crippen molar-refractivity contribution in [2.24, 2.45) is 11.7 Å². The third-order valence-corrected chi connectivity index (χ3v) is 6.34.